The number of amides is 1. The number of nitrogens with one attached hydrogen (secondary N) is 1. The van der Waals surface area contributed by atoms with E-state index < -0.39 is 11.7 Å². The molecule has 0 saturated carbocycles. The molecule has 0 bridgehead atoms. The summed E-state index contributed by atoms with van der Waals surface area (Å²) in [7, 11) is 0. The molecule has 1 N–H and O–H groups in total. The Morgan fingerprint density at radius 1 is 1.04 bits per heavy atom. The van der Waals surface area contributed by atoms with Crippen LogP contribution < -0.4 is 14.8 Å². The molecule has 24 heavy (non-hydrogen) atoms. The van der Waals surface area contributed by atoms with Crippen molar-refractivity contribution in [3.8, 4) is 22.6 Å². The number of halogens is 3. The molecule has 2 heterocycles. The summed E-state index contributed by atoms with van der Waals surface area (Å²) in [6, 6.07) is 6.93. The number of carbonyl (C=O) groups excluding carboxylic acids is 1. The van der Waals surface area contributed by atoms with Crippen molar-refractivity contribution in [1.82, 2.24) is 0 Å². The summed E-state index contributed by atoms with van der Waals surface area (Å²) in [4.78, 5) is 11.4. The molecule has 0 aliphatic carbocycles. The van der Waals surface area contributed by atoms with Crippen molar-refractivity contribution in [3.05, 3.63) is 41.5 Å². The van der Waals surface area contributed by atoms with E-state index in [2.05, 4.69) is 5.32 Å². The molecule has 0 unspecified atom stereocenters. The first kappa shape index (κ1) is 14.9. The molecule has 4 nitrogen and oxygen atoms in total. The zero-order valence-electron chi connectivity index (χ0n) is 12.4. The topological polar surface area (TPSA) is 47.6 Å². The van der Waals surface area contributed by atoms with Gasteiger partial charge in [-0.15, -0.1) is 0 Å². The van der Waals surface area contributed by atoms with E-state index in [1.165, 1.54) is 6.07 Å². The first-order chi connectivity index (χ1) is 11.4. The summed E-state index contributed by atoms with van der Waals surface area (Å²) in [6.45, 7) is 0.152. The van der Waals surface area contributed by atoms with Gasteiger partial charge < -0.3 is 14.8 Å². The van der Waals surface area contributed by atoms with E-state index in [0.29, 0.717) is 23.4 Å². The maximum absolute atomic E-state index is 12.9. The van der Waals surface area contributed by atoms with Crippen LogP contribution in [0.3, 0.4) is 0 Å². The van der Waals surface area contributed by atoms with Gasteiger partial charge in [0.1, 0.15) is 11.5 Å². The van der Waals surface area contributed by atoms with Crippen molar-refractivity contribution in [2.24, 2.45) is 0 Å². The van der Waals surface area contributed by atoms with Crippen LogP contribution in [0.25, 0.3) is 11.1 Å². The van der Waals surface area contributed by atoms with Gasteiger partial charge in [-0.3, -0.25) is 4.79 Å². The standard InChI is InChI=1S/C17H12F3NO3/c18-17(19,20)9-1-2-11-10-3-4-13-16(24-8-15(22)21-13)12(10)5-6-23-14(11)7-9/h1-4,7H,5-6,8H2,(H,21,22). The minimum atomic E-state index is -4.42. The highest BCUT2D eigenvalue weighted by Crippen LogP contribution is 2.44. The number of hydrogen-bond donors (Lipinski definition) is 1. The van der Waals surface area contributed by atoms with Crippen LogP contribution in [0.4, 0.5) is 18.9 Å². The summed E-state index contributed by atoms with van der Waals surface area (Å²) in [6.07, 6.45) is -3.94. The molecule has 7 heteroatoms. The highest BCUT2D eigenvalue weighted by Gasteiger charge is 2.32. The van der Waals surface area contributed by atoms with Crippen LogP contribution in [0.1, 0.15) is 11.1 Å². The van der Waals surface area contributed by atoms with Gasteiger partial charge in [0.05, 0.1) is 17.9 Å². The van der Waals surface area contributed by atoms with E-state index in [-0.39, 0.29) is 24.9 Å². The van der Waals surface area contributed by atoms with Gasteiger partial charge >= 0.3 is 6.18 Å². The Morgan fingerprint density at radius 3 is 2.62 bits per heavy atom. The highest BCUT2D eigenvalue weighted by molar-refractivity contribution is 5.97. The molecule has 2 aromatic rings. The van der Waals surface area contributed by atoms with Gasteiger partial charge in [0.2, 0.25) is 0 Å². The molecule has 0 spiro atoms. The van der Waals surface area contributed by atoms with Crippen molar-refractivity contribution < 1.29 is 27.4 Å². The third kappa shape index (κ3) is 2.36. The number of carbonyl (C=O) groups is 1. The molecule has 0 saturated heterocycles. The molecular weight excluding hydrogens is 323 g/mol. The van der Waals surface area contributed by atoms with E-state index in [9.17, 15) is 18.0 Å². The lowest BCUT2D eigenvalue weighted by molar-refractivity contribution is -0.137. The third-order valence-corrected chi connectivity index (χ3v) is 4.09. The van der Waals surface area contributed by atoms with E-state index in [1.807, 2.05) is 0 Å². The number of hydrogen-bond acceptors (Lipinski definition) is 3. The number of anilines is 1. The van der Waals surface area contributed by atoms with Crippen LogP contribution in [0.2, 0.25) is 0 Å². The van der Waals surface area contributed by atoms with Crippen LogP contribution in [0, 0.1) is 0 Å². The predicted octanol–water partition coefficient (Wildman–Crippen LogP) is 3.64. The largest absolute Gasteiger partial charge is 0.493 e. The normalized spacial score (nSPS) is 15.9. The van der Waals surface area contributed by atoms with Crippen molar-refractivity contribution in [1.29, 1.82) is 0 Å². The lowest BCUT2D eigenvalue weighted by Crippen LogP contribution is -2.26. The summed E-state index contributed by atoms with van der Waals surface area (Å²) >= 11 is 0. The molecule has 0 aromatic heterocycles. The Bertz CT molecular complexity index is 846. The molecule has 4 rings (SSSR count). The van der Waals surface area contributed by atoms with Crippen LogP contribution >= 0.6 is 0 Å². The number of rotatable bonds is 0. The Labute approximate surface area is 135 Å². The molecule has 2 aromatic carbocycles. The maximum atomic E-state index is 12.9. The van der Waals surface area contributed by atoms with E-state index in [4.69, 9.17) is 9.47 Å². The van der Waals surface area contributed by atoms with Gasteiger partial charge in [-0.05, 0) is 23.8 Å². The van der Waals surface area contributed by atoms with Crippen LogP contribution in [0.5, 0.6) is 11.5 Å². The Hall–Kier alpha value is -2.70. The molecule has 0 radical (unpaired) electrons. The fourth-order valence-electron chi connectivity index (χ4n) is 3.02. The second-order valence-electron chi connectivity index (χ2n) is 5.61. The van der Waals surface area contributed by atoms with E-state index in [1.54, 1.807) is 12.1 Å². The van der Waals surface area contributed by atoms with Gasteiger partial charge in [0.15, 0.2) is 6.61 Å². The van der Waals surface area contributed by atoms with Crippen LogP contribution in [-0.2, 0) is 17.4 Å². The maximum Gasteiger partial charge on any atom is 0.416 e. The second kappa shape index (κ2) is 5.15. The quantitative estimate of drug-likeness (QED) is 0.800. The first-order valence-corrected chi connectivity index (χ1v) is 7.36. The summed E-state index contributed by atoms with van der Waals surface area (Å²) < 4.78 is 49.8. The van der Waals surface area contributed by atoms with Crippen LogP contribution in [-0.4, -0.2) is 19.1 Å². The zero-order chi connectivity index (χ0) is 16.9. The smallest absolute Gasteiger partial charge is 0.416 e. The molecule has 124 valence electrons. The van der Waals surface area contributed by atoms with E-state index >= 15 is 0 Å². The fraction of sp³-hybridized carbons (Fsp3) is 0.235. The number of benzene rings is 2. The monoisotopic (exact) mass is 335 g/mol. The van der Waals surface area contributed by atoms with Crippen molar-refractivity contribution in [2.75, 3.05) is 18.5 Å². The van der Waals surface area contributed by atoms with Crippen molar-refractivity contribution in [2.45, 2.75) is 12.6 Å². The number of ether oxygens (including phenoxy) is 2. The molecule has 0 atom stereocenters. The molecule has 2 aliphatic heterocycles. The first-order valence-electron chi connectivity index (χ1n) is 7.36. The van der Waals surface area contributed by atoms with Gasteiger partial charge in [-0.2, -0.15) is 13.2 Å². The summed E-state index contributed by atoms with van der Waals surface area (Å²) in [5, 5.41) is 2.73. The van der Waals surface area contributed by atoms with Gasteiger partial charge in [-0.1, -0.05) is 12.1 Å². The predicted molar refractivity (Wildman–Crippen MR) is 80.2 cm³/mol. The van der Waals surface area contributed by atoms with Crippen molar-refractivity contribution in [3.63, 3.8) is 0 Å². The summed E-state index contributed by atoms with van der Waals surface area (Å²) in [5.74, 6) is 0.523. The molecular formula is C17H12F3NO3. The fourth-order valence-corrected chi connectivity index (χ4v) is 3.02. The number of alkyl halides is 3. The Morgan fingerprint density at radius 2 is 1.83 bits per heavy atom. The zero-order valence-corrected chi connectivity index (χ0v) is 12.4. The second-order valence-corrected chi connectivity index (χ2v) is 5.61. The lowest BCUT2D eigenvalue weighted by Gasteiger charge is -2.22. The average molecular weight is 335 g/mol. The van der Waals surface area contributed by atoms with E-state index in [0.717, 1.165) is 23.3 Å². The molecule has 2 aliphatic rings. The van der Waals surface area contributed by atoms with Gasteiger partial charge in [0.25, 0.3) is 5.91 Å². The van der Waals surface area contributed by atoms with Crippen LogP contribution in [0.15, 0.2) is 30.3 Å². The van der Waals surface area contributed by atoms with Crippen molar-refractivity contribution >= 4 is 11.6 Å². The lowest BCUT2D eigenvalue weighted by atomic mass is 9.95. The number of fused-ring (bicyclic) bond motifs is 5. The van der Waals surface area contributed by atoms with Gasteiger partial charge in [-0.25, -0.2) is 0 Å². The molecule has 0 fully saturated rings. The minimum Gasteiger partial charge on any atom is -0.493 e. The Kier molecular flexibility index (Phi) is 3.19. The highest BCUT2D eigenvalue weighted by atomic mass is 19.4. The Balaban J connectivity index is 1.86. The molecule has 1 amide bonds. The SMILES string of the molecule is O=C1COc2c(ccc3c2CCOc2cc(C(F)(F)F)ccc2-3)N1. The third-order valence-electron chi connectivity index (χ3n) is 4.09. The van der Waals surface area contributed by atoms with Gasteiger partial charge in [0, 0.05) is 17.5 Å². The summed E-state index contributed by atoms with van der Waals surface area (Å²) in [5.41, 5.74) is 1.99. The minimum absolute atomic E-state index is 0.0792. The average Bonchev–Trinajstić information content (AvgIpc) is 2.72.